The zero-order valence-corrected chi connectivity index (χ0v) is 9.30. The van der Waals surface area contributed by atoms with Crippen molar-refractivity contribution in [3.8, 4) is 0 Å². The Morgan fingerprint density at radius 1 is 1.25 bits per heavy atom. The van der Waals surface area contributed by atoms with Gasteiger partial charge in [0.05, 0.1) is 0 Å². The van der Waals surface area contributed by atoms with Crippen LogP contribution >= 0.6 is 0 Å². The van der Waals surface area contributed by atoms with Gasteiger partial charge in [0.2, 0.25) is 0 Å². The number of allylic oxidation sites excluding steroid dienone is 2. The summed E-state index contributed by atoms with van der Waals surface area (Å²) in [7, 11) is 0. The van der Waals surface area contributed by atoms with Gasteiger partial charge in [0, 0.05) is 5.57 Å². The molecule has 0 aliphatic rings. The molecule has 92 valence electrons. The summed E-state index contributed by atoms with van der Waals surface area (Å²) in [6.45, 7) is 13.2. The van der Waals surface area contributed by atoms with E-state index in [2.05, 4.69) is 24.5 Å². The number of halogens is 3. The fourth-order valence-electron chi connectivity index (χ4n) is 0.254. The van der Waals surface area contributed by atoms with Crippen LogP contribution in [0.25, 0.3) is 0 Å². The van der Waals surface area contributed by atoms with Gasteiger partial charge in [-0.05, 0) is 13.8 Å². The van der Waals surface area contributed by atoms with Crippen LogP contribution in [-0.4, -0.2) is 18.8 Å². The second-order valence-electron chi connectivity index (χ2n) is 2.92. The lowest BCUT2D eigenvalue weighted by Gasteiger charge is -2.07. The smallest absolute Gasteiger partial charge is 0.335 e. The maximum atomic E-state index is 11.9. The summed E-state index contributed by atoms with van der Waals surface area (Å²) in [5.41, 5.74) is 0.901. The van der Waals surface area contributed by atoms with Crippen LogP contribution in [0.5, 0.6) is 0 Å². The molecule has 0 spiro atoms. The van der Waals surface area contributed by atoms with Crippen LogP contribution in [0.3, 0.4) is 0 Å². The molecule has 0 aromatic carbocycles. The lowest BCUT2D eigenvalue weighted by atomic mass is 10.4. The first-order valence-corrected chi connectivity index (χ1v) is 4.29. The van der Waals surface area contributed by atoms with Gasteiger partial charge in [0.1, 0.15) is 0 Å². The van der Waals surface area contributed by atoms with Gasteiger partial charge < -0.3 is 4.74 Å². The molecule has 0 N–H and O–H groups in total. The van der Waals surface area contributed by atoms with Crippen LogP contribution in [0.1, 0.15) is 13.8 Å². The van der Waals surface area contributed by atoms with Crippen molar-refractivity contribution in [3.63, 3.8) is 0 Å². The number of carbonyl (C=O) groups is 1. The van der Waals surface area contributed by atoms with Gasteiger partial charge in [-0.1, -0.05) is 31.4 Å². The van der Waals surface area contributed by atoms with Gasteiger partial charge in [-0.15, -0.1) is 0 Å². The summed E-state index contributed by atoms with van der Waals surface area (Å²) in [6.07, 6.45) is -4.45. The molecule has 0 bridgehead atoms. The molecule has 16 heavy (non-hydrogen) atoms. The minimum atomic E-state index is -3.31. The van der Waals surface area contributed by atoms with Gasteiger partial charge in [-0.25, -0.2) is 13.6 Å². The molecule has 0 aliphatic carbocycles. The molecule has 0 aromatic rings. The van der Waals surface area contributed by atoms with Crippen molar-refractivity contribution in [1.82, 2.24) is 0 Å². The molecule has 0 aromatic heterocycles. The molecular weight excluding hydrogens is 221 g/mol. The molecule has 1 atom stereocenters. The normalized spacial score (nSPS) is 10.9. The first-order valence-electron chi connectivity index (χ1n) is 4.29. The molecule has 0 aliphatic heterocycles. The second-order valence-corrected chi connectivity index (χ2v) is 2.92. The molecule has 0 saturated heterocycles. The largest absolute Gasteiger partial charge is 0.421 e. The Balaban J connectivity index is 0. The number of carbonyl (C=O) groups excluding carboxylic acids is 1. The zero-order chi connectivity index (χ0) is 13.3. The average Bonchev–Trinajstić information content (AvgIpc) is 2.18. The summed E-state index contributed by atoms with van der Waals surface area (Å²) in [5, 5.41) is 0. The van der Waals surface area contributed by atoms with Gasteiger partial charge in [0.25, 0.3) is 0 Å². The molecule has 0 amide bonds. The van der Waals surface area contributed by atoms with E-state index in [0.29, 0.717) is 0 Å². The summed E-state index contributed by atoms with van der Waals surface area (Å²) < 4.78 is 38.3. The van der Waals surface area contributed by atoms with Crippen molar-refractivity contribution in [2.45, 2.75) is 26.6 Å². The van der Waals surface area contributed by atoms with Crippen molar-refractivity contribution >= 4 is 5.97 Å². The third-order valence-corrected chi connectivity index (χ3v) is 1.11. The quantitative estimate of drug-likeness (QED) is 0.424. The van der Waals surface area contributed by atoms with E-state index < -0.39 is 18.8 Å². The Morgan fingerprint density at radius 3 is 1.81 bits per heavy atom. The molecule has 0 fully saturated rings. The molecule has 0 radical (unpaired) electrons. The average molecular weight is 236 g/mol. The van der Waals surface area contributed by atoms with Crippen molar-refractivity contribution in [3.05, 3.63) is 37.0 Å². The molecule has 5 heteroatoms. The topological polar surface area (TPSA) is 26.3 Å². The molecule has 0 rings (SSSR count). The van der Waals surface area contributed by atoms with Crippen LogP contribution in [0.2, 0.25) is 0 Å². The third kappa shape index (κ3) is 10.6. The van der Waals surface area contributed by atoms with Crippen LogP contribution in [-0.2, 0) is 9.53 Å². The van der Waals surface area contributed by atoms with Crippen LogP contribution in [0.15, 0.2) is 37.0 Å². The molecule has 1 unspecified atom stereocenters. The Labute approximate surface area is 93.1 Å². The van der Waals surface area contributed by atoms with E-state index in [4.69, 9.17) is 0 Å². The fourth-order valence-corrected chi connectivity index (χ4v) is 0.254. The third-order valence-electron chi connectivity index (χ3n) is 1.11. The van der Waals surface area contributed by atoms with Gasteiger partial charge >= 0.3 is 18.8 Å². The number of rotatable bonds is 4. The van der Waals surface area contributed by atoms with Crippen LogP contribution in [0, 0.1) is 0 Å². The second kappa shape index (κ2) is 8.76. The first kappa shape index (κ1) is 16.9. The van der Waals surface area contributed by atoms with Crippen LogP contribution < -0.4 is 0 Å². The van der Waals surface area contributed by atoms with Crippen molar-refractivity contribution in [1.29, 1.82) is 0 Å². The van der Waals surface area contributed by atoms with E-state index in [1.54, 1.807) is 6.08 Å². The summed E-state index contributed by atoms with van der Waals surface area (Å²) in [6, 6.07) is 0. The minimum absolute atomic E-state index is 0.117. The first-order chi connectivity index (χ1) is 7.22. The summed E-state index contributed by atoms with van der Waals surface area (Å²) in [5.74, 6) is -1.15. The standard InChI is InChI=1S/C6H7F3O2.C5H8/c1-3(2)6(10)11-5(9)4(7)8;1-4-5(2)3/h4-5H,1H2,2H3;4H,1-2H2,3H3. The number of hydrogen-bond donors (Lipinski definition) is 0. The van der Waals surface area contributed by atoms with Gasteiger partial charge in [0.15, 0.2) is 0 Å². The molecular formula is C11H15F3O2. The fraction of sp³-hybridized carbons (Fsp3) is 0.364. The highest BCUT2D eigenvalue weighted by Gasteiger charge is 2.23. The molecule has 0 heterocycles. The van der Waals surface area contributed by atoms with Crippen molar-refractivity contribution < 1.29 is 22.7 Å². The van der Waals surface area contributed by atoms with E-state index in [-0.39, 0.29) is 5.57 Å². The highest BCUT2D eigenvalue weighted by atomic mass is 19.3. The lowest BCUT2D eigenvalue weighted by Crippen LogP contribution is -2.20. The lowest BCUT2D eigenvalue weighted by molar-refractivity contribution is -0.169. The maximum absolute atomic E-state index is 11.9. The monoisotopic (exact) mass is 236 g/mol. The minimum Gasteiger partial charge on any atom is -0.421 e. The number of esters is 1. The van der Waals surface area contributed by atoms with Gasteiger partial charge in [-0.2, -0.15) is 4.39 Å². The number of hydrogen-bond acceptors (Lipinski definition) is 2. The summed E-state index contributed by atoms with van der Waals surface area (Å²) in [4.78, 5) is 10.4. The maximum Gasteiger partial charge on any atom is 0.335 e. The predicted octanol–water partition coefficient (Wildman–Crippen LogP) is 3.41. The Morgan fingerprint density at radius 2 is 1.62 bits per heavy atom. The zero-order valence-electron chi connectivity index (χ0n) is 9.30. The number of ether oxygens (including phenoxy) is 1. The Hall–Kier alpha value is -1.52. The van der Waals surface area contributed by atoms with Crippen molar-refractivity contribution in [2.24, 2.45) is 0 Å². The highest BCUT2D eigenvalue weighted by Crippen LogP contribution is 2.08. The Bertz CT molecular complexity index is 272. The SMILES string of the molecule is C=C(C)C(=O)OC(F)C(F)F.C=CC(=C)C. The van der Waals surface area contributed by atoms with E-state index in [1.165, 1.54) is 6.92 Å². The molecule has 2 nitrogen and oxygen atoms in total. The van der Waals surface area contributed by atoms with E-state index in [9.17, 15) is 18.0 Å². The van der Waals surface area contributed by atoms with E-state index in [0.717, 1.165) is 5.57 Å². The van der Waals surface area contributed by atoms with E-state index >= 15 is 0 Å². The predicted molar refractivity (Wildman–Crippen MR) is 56.8 cm³/mol. The molecule has 0 saturated carbocycles. The highest BCUT2D eigenvalue weighted by molar-refractivity contribution is 5.87. The summed E-state index contributed by atoms with van der Waals surface area (Å²) >= 11 is 0. The van der Waals surface area contributed by atoms with E-state index in [1.807, 2.05) is 6.92 Å². The number of alkyl halides is 3. The van der Waals surface area contributed by atoms with Crippen molar-refractivity contribution in [2.75, 3.05) is 0 Å². The van der Waals surface area contributed by atoms with Crippen LogP contribution in [0.4, 0.5) is 13.2 Å². The van der Waals surface area contributed by atoms with Gasteiger partial charge in [-0.3, -0.25) is 0 Å². The Kier molecular flexibility index (Phi) is 9.25.